The summed E-state index contributed by atoms with van der Waals surface area (Å²) in [6.07, 6.45) is 7.39. The largest absolute Gasteiger partial charge is 0.379 e. The molecule has 0 radical (unpaired) electrons. The second-order valence-corrected chi connectivity index (χ2v) is 10.2. The molecule has 0 aromatic heterocycles. The van der Waals surface area contributed by atoms with E-state index in [0.29, 0.717) is 37.4 Å². The van der Waals surface area contributed by atoms with Crippen LogP contribution in [0, 0.1) is 5.92 Å². The first-order valence-electron chi connectivity index (χ1n) is 10.5. The molecule has 2 heterocycles. The molecule has 3 aliphatic rings. The van der Waals surface area contributed by atoms with Crippen LogP contribution in [0.1, 0.15) is 49.7 Å². The van der Waals surface area contributed by atoms with Gasteiger partial charge >= 0.3 is 0 Å². The third-order valence-electron chi connectivity index (χ3n) is 6.29. The van der Waals surface area contributed by atoms with Crippen molar-refractivity contribution in [3.8, 4) is 0 Å². The molecule has 28 heavy (non-hydrogen) atoms. The minimum atomic E-state index is -3.49. The van der Waals surface area contributed by atoms with Crippen molar-refractivity contribution in [1.82, 2.24) is 9.62 Å². The Balaban J connectivity index is 1.36. The van der Waals surface area contributed by atoms with Gasteiger partial charge in [0.05, 0.1) is 17.5 Å². The Bertz CT molecular complexity index is 810. The third kappa shape index (κ3) is 4.26. The number of benzene rings is 1. The average Bonchev–Trinajstić information content (AvgIpc) is 2.74. The lowest BCUT2D eigenvalue weighted by molar-refractivity contribution is -0.127. The Kier molecular flexibility index (Phi) is 6.04. The summed E-state index contributed by atoms with van der Waals surface area (Å²) in [4.78, 5) is 12.9. The number of ether oxygens (including phenoxy) is 1. The Morgan fingerprint density at radius 3 is 2.50 bits per heavy atom. The van der Waals surface area contributed by atoms with Gasteiger partial charge in [0, 0.05) is 25.6 Å². The zero-order chi connectivity index (χ0) is 19.6. The van der Waals surface area contributed by atoms with Crippen LogP contribution in [0.4, 0.5) is 0 Å². The number of hydrogen-bond donors (Lipinski definition) is 1. The molecule has 2 saturated heterocycles. The van der Waals surface area contributed by atoms with Crippen LogP contribution in [0.5, 0.6) is 0 Å². The molecule has 154 valence electrons. The van der Waals surface area contributed by atoms with Crippen molar-refractivity contribution < 1.29 is 17.9 Å². The number of carbonyl (C=O) groups is 1. The molecule has 1 atom stereocenters. The SMILES string of the molecule is O=C(NC1CCCOC1)C1CCN(S(=O)(=O)c2ccc3c(c2)CCCC3)CC1. The molecule has 4 rings (SSSR count). The van der Waals surface area contributed by atoms with Gasteiger partial charge in [-0.2, -0.15) is 4.31 Å². The van der Waals surface area contributed by atoms with Crippen LogP contribution in [0.25, 0.3) is 0 Å². The summed E-state index contributed by atoms with van der Waals surface area (Å²) in [7, 11) is -3.49. The highest BCUT2D eigenvalue weighted by Crippen LogP contribution is 2.28. The van der Waals surface area contributed by atoms with Crippen LogP contribution in [0.15, 0.2) is 23.1 Å². The molecule has 1 aromatic carbocycles. The second-order valence-electron chi connectivity index (χ2n) is 8.24. The Morgan fingerprint density at radius 1 is 1.04 bits per heavy atom. The van der Waals surface area contributed by atoms with Gasteiger partial charge < -0.3 is 10.1 Å². The molecule has 1 amide bonds. The highest BCUT2D eigenvalue weighted by atomic mass is 32.2. The number of nitrogens with one attached hydrogen (secondary N) is 1. The standard InChI is InChI=1S/C21H30N2O4S/c24-21(22-19-6-3-13-27-15-19)17-9-11-23(12-10-17)28(25,26)20-8-7-16-4-1-2-5-18(16)14-20/h7-8,14,17,19H,1-6,9-13,15H2,(H,22,24). The monoisotopic (exact) mass is 406 g/mol. The van der Waals surface area contributed by atoms with Gasteiger partial charge in [0.1, 0.15) is 0 Å². The fourth-order valence-electron chi connectivity index (χ4n) is 4.55. The van der Waals surface area contributed by atoms with E-state index in [-0.39, 0.29) is 17.9 Å². The van der Waals surface area contributed by atoms with Crippen LogP contribution in [0.2, 0.25) is 0 Å². The van der Waals surface area contributed by atoms with E-state index < -0.39 is 10.0 Å². The van der Waals surface area contributed by atoms with E-state index in [1.807, 2.05) is 12.1 Å². The number of fused-ring (bicyclic) bond motifs is 1. The summed E-state index contributed by atoms with van der Waals surface area (Å²) in [5, 5.41) is 3.08. The molecular formula is C21H30N2O4S. The molecular weight excluding hydrogens is 376 g/mol. The summed E-state index contributed by atoms with van der Waals surface area (Å²) >= 11 is 0. The summed E-state index contributed by atoms with van der Waals surface area (Å²) < 4.78 is 33.1. The van der Waals surface area contributed by atoms with Crippen molar-refractivity contribution in [3.63, 3.8) is 0 Å². The molecule has 0 bridgehead atoms. The van der Waals surface area contributed by atoms with E-state index in [9.17, 15) is 13.2 Å². The van der Waals surface area contributed by atoms with Crippen molar-refractivity contribution >= 4 is 15.9 Å². The Morgan fingerprint density at radius 2 is 1.79 bits per heavy atom. The molecule has 1 aromatic rings. The summed E-state index contributed by atoms with van der Waals surface area (Å²) in [6, 6.07) is 5.69. The van der Waals surface area contributed by atoms with Crippen molar-refractivity contribution in [2.24, 2.45) is 5.92 Å². The third-order valence-corrected chi connectivity index (χ3v) is 8.18. The van der Waals surface area contributed by atoms with E-state index in [2.05, 4.69) is 5.32 Å². The lowest BCUT2D eigenvalue weighted by atomic mass is 9.92. The van der Waals surface area contributed by atoms with Gasteiger partial charge in [-0.3, -0.25) is 4.79 Å². The summed E-state index contributed by atoms with van der Waals surface area (Å²) in [5.74, 6) is -0.0711. The number of sulfonamides is 1. The molecule has 1 N–H and O–H groups in total. The smallest absolute Gasteiger partial charge is 0.243 e. The van der Waals surface area contributed by atoms with E-state index >= 15 is 0 Å². The Labute approximate surface area is 167 Å². The maximum Gasteiger partial charge on any atom is 0.243 e. The zero-order valence-electron chi connectivity index (χ0n) is 16.4. The maximum atomic E-state index is 13.1. The highest BCUT2D eigenvalue weighted by Gasteiger charge is 2.33. The first kappa shape index (κ1) is 19.9. The van der Waals surface area contributed by atoms with Crippen molar-refractivity contribution in [3.05, 3.63) is 29.3 Å². The molecule has 0 spiro atoms. The normalized spacial score (nSPS) is 24.5. The number of carbonyl (C=O) groups excluding carboxylic acids is 1. The van der Waals surface area contributed by atoms with Crippen molar-refractivity contribution in [2.45, 2.75) is 62.3 Å². The average molecular weight is 407 g/mol. The van der Waals surface area contributed by atoms with Crippen molar-refractivity contribution in [1.29, 1.82) is 0 Å². The number of nitrogens with zero attached hydrogens (tertiary/aromatic N) is 1. The van der Waals surface area contributed by atoms with Gasteiger partial charge in [-0.15, -0.1) is 0 Å². The number of amides is 1. The van der Waals surface area contributed by atoms with E-state index in [1.54, 1.807) is 10.4 Å². The molecule has 2 aliphatic heterocycles. The minimum absolute atomic E-state index is 0.0429. The number of piperidine rings is 1. The molecule has 2 fully saturated rings. The number of rotatable bonds is 4. The molecule has 6 nitrogen and oxygen atoms in total. The van der Waals surface area contributed by atoms with Gasteiger partial charge in [0.2, 0.25) is 15.9 Å². The van der Waals surface area contributed by atoms with Crippen LogP contribution in [0.3, 0.4) is 0 Å². The summed E-state index contributed by atoms with van der Waals surface area (Å²) in [6.45, 7) is 2.15. The predicted octanol–water partition coefficient (Wildman–Crippen LogP) is 2.26. The molecule has 1 unspecified atom stereocenters. The van der Waals surface area contributed by atoms with Crippen LogP contribution < -0.4 is 5.32 Å². The quantitative estimate of drug-likeness (QED) is 0.832. The number of aryl methyl sites for hydroxylation is 2. The Hall–Kier alpha value is -1.44. The van der Waals surface area contributed by atoms with Crippen LogP contribution in [-0.2, 0) is 32.4 Å². The van der Waals surface area contributed by atoms with E-state index in [1.165, 1.54) is 17.5 Å². The van der Waals surface area contributed by atoms with Gasteiger partial charge in [0.15, 0.2) is 0 Å². The fourth-order valence-corrected chi connectivity index (χ4v) is 6.07. The maximum absolute atomic E-state index is 13.1. The minimum Gasteiger partial charge on any atom is -0.379 e. The van der Waals surface area contributed by atoms with E-state index in [4.69, 9.17) is 4.74 Å². The van der Waals surface area contributed by atoms with Crippen LogP contribution in [-0.4, -0.2) is 51.0 Å². The lowest BCUT2D eigenvalue weighted by Gasteiger charge is -2.32. The summed E-state index contributed by atoms with van der Waals surface area (Å²) in [5.41, 5.74) is 2.46. The second kappa shape index (κ2) is 8.51. The van der Waals surface area contributed by atoms with Crippen molar-refractivity contribution in [2.75, 3.05) is 26.3 Å². The van der Waals surface area contributed by atoms with Gasteiger partial charge in [0.25, 0.3) is 0 Å². The first-order chi connectivity index (χ1) is 13.5. The topological polar surface area (TPSA) is 75.7 Å². The lowest BCUT2D eigenvalue weighted by Crippen LogP contribution is -2.47. The van der Waals surface area contributed by atoms with Crippen LogP contribution >= 0.6 is 0 Å². The number of hydrogen-bond acceptors (Lipinski definition) is 4. The van der Waals surface area contributed by atoms with E-state index in [0.717, 1.165) is 38.7 Å². The molecule has 1 aliphatic carbocycles. The fraction of sp³-hybridized carbons (Fsp3) is 0.667. The van der Waals surface area contributed by atoms with Gasteiger partial charge in [-0.1, -0.05) is 6.07 Å². The van der Waals surface area contributed by atoms with Gasteiger partial charge in [-0.25, -0.2) is 8.42 Å². The predicted molar refractivity (Wildman–Crippen MR) is 107 cm³/mol. The van der Waals surface area contributed by atoms with Gasteiger partial charge in [-0.05, 0) is 74.6 Å². The molecule has 7 heteroatoms. The zero-order valence-corrected chi connectivity index (χ0v) is 17.2. The molecule has 0 saturated carbocycles. The first-order valence-corrected chi connectivity index (χ1v) is 12.0. The highest BCUT2D eigenvalue weighted by molar-refractivity contribution is 7.89.